The zero-order chi connectivity index (χ0) is 18.2. The Balaban J connectivity index is 1.25. The van der Waals surface area contributed by atoms with Crippen molar-refractivity contribution in [2.24, 2.45) is 5.92 Å². The number of hydrogen-bond acceptors (Lipinski definition) is 4. The average molecular weight is 365 g/mol. The van der Waals surface area contributed by atoms with Crippen LogP contribution < -0.4 is 0 Å². The van der Waals surface area contributed by atoms with Crippen molar-refractivity contribution in [3.8, 4) is 0 Å². The van der Waals surface area contributed by atoms with Gasteiger partial charge in [0.05, 0.1) is 5.52 Å². The lowest BCUT2D eigenvalue weighted by atomic mass is 9.99. The molecule has 0 radical (unpaired) electrons. The maximum Gasteiger partial charge on any atom is 0.272 e. The van der Waals surface area contributed by atoms with Gasteiger partial charge in [-0.3, -0.25) is 9.69 Å². The molecular formula is C22H27N3O2. The van der Waals surface area contributed by atoms with E-state index in [-0.39, 0.29) is 5.91 Å². The standard InChI is InChI=1S/C22H27N3O2/c26-22(21-8-7-17-3-1-2-4-20(17)23-21)24-14-19(15-24)25(13-16-5-6-16)18-9-11-27-12-10-18/h1-4,7-8,16,18-19H,5-6,9-15H2. The molecule has 2 saturated heterocycles. The van der Waals surface area contributed by atoms with Gasteiger partial charge in [-0.15, -0.1) is 0 Å². The van der Waals surface area contributed by atoms with E-state index in [1.807, 2.05) is 41.3 Å². The molecule has 2 aromatic rings. The maximum atomic E-state index is 12.9. The SMILES string of the molecule is O=C(c1ccc2ccccc2n1)N1CC(N(CC2CC2)C2CCOCC2)C1. The van der Waals surface area contributed by atoms with Crippen LogP contribution in [0.15, 0.2) is 36.4 Å². The van der Waals surface area contributed by atoms with Gasteiger partial charge in [-0.25, -0.2) is 4.98 Å². The highest BCUT2D eigenvalue weighted by molar-refractivity contribution is 5.95. The molecule has 1 saturated carbocycles. The first-order valence-electron chi connectivity index (χ1n) is 10.3. The van der Waals surface area contributed by atoms with Crippen molar-refractivity contribution >= 4 is 16.8 Å². The first kappa shape index (κ1) is 17.1. The van der Waals surface area contributed by atoms with E-state index in [1.54, 1.807) is 0 Å². The number of fused-ring (bicyclic) bond motifs is 1. The molecule has 0 N–H and O–H groups in total. The van der Waals surface area contributed by atoms with Crippen molar-refractivity contribution in [2.45, 2.75) is 37.8 Å². The number of benzene rings is 1. The summed E-state index contributed by atoms with van der Waals surface area (Å²) in [7, 11) is 0. The van der Waals surface area contributed by atoms with Crippen LogP contribution >= 0.6 is 0 Å². The monoisotopic (exact) mass is 365 g/mol. The number of carbonyl (C=O) groups is 1. The minimum Gasteiger partial charge on any atom is -0.381 e. The Morgan fingerprint density at radius 2 is 1.81 bits per heavy atom. The fraction of sp³-hybridized carbons (Fsp3) is 0.545. The van der Waals surface area contributed by atoms with Gasteiger partial charge in [0.15, 0.2) is 0 Å². The molecule has 1 aromatic heterocycles. The van der Waals surface area contributed by atoms with Crippen molar-refractivity contribution in [3.63, 3.8) is 0 Å². The highest BCUT2D eigenvalue weighted by Gasteiger charge is 2.40. The van der Waals surface area contributed by atoms with E-state index in [1.165, 1.54) is 19.4 Å². The fourth-order valence-corrected chi connectivity index (χ4v) is 4.39. The zero-order valence-corrected chi connectivity index (χ0v) is 15.7. The zero-order valence-electron chi connectivity index (χ0n) is 15.7. The molecule has 5 heteroatoms. The normalized spacial score (nSPS) is 21.6. The highest BCUT2D eigenvalue weighted by atomic mass is 16.5. The minimum absolute atomic E-state index is 0.0651. The lowest BCUT2D eigenvalue weighted by molar-refractivity contribution is -0.0268. The Morgan fingerprint density at radius 1 is 1.04 bits per heavy atom. The van der Waals surface area contributed by atoms with Gasteiger partial charge in [0.25, 0.3) is 5.91 Å². The van der Waals surface area contributed by atoms with Crippen LogP contribution in [-0.2, 0) is 4.74 Å². The second-order valence-electron chi connectivity index (χ2n) is 8.24. The van der Waals surface area contributed by atoms with Gasteiger partial charge in [-0.2, -0.15) is 0 Å². The molecule has 1 aromatic carbocycles. The summed E-state index contributed by atoms with van der Waals surface area (Å²) in [5.74, 6) is 0.940. The molecule has 0 unspecified atom stereocenters. The summed E-state index contributed by atoms with van der Waals surface area (Å²) in [6, 6.07) is 12.9. The molecular weight excluding hydrogens is 338 g/mol. The first-order valence-corrected chi connectivity index (χ1v) is 10.3. The smallest absolute Gasteiger partial charge is 0.272 e. The predicted octanol–water partition coefficient (Wildman–Crippen LogP) is 2.95. The van der Waals surface area contributed by atoms with Gasteiger partial charge in [0, 0.05) is 50.3 Å². The molecule has 0 atom stereocenters. The number of amides is 1. The number of hydrogen-bond donors (Lipinski definition) is 0. The third kappa shape index (κ3) is 3.58. The van der Waals surface area contributed by atoms with Gasteiger partial charge >= 0.3 is 0 Å². The number of carbonyl (C=O) groups excluding carboxylic acids is 1. The van der Waals surface area contributed by atoms with Crippen LogP contribution in [0.4, 0.5) is 0 Å². The van der Waals surface area contributed by atoms with E-state index >= 15 is 0 Å². The number of nitrogens with zero attached hydrogens (tertiary/aromatic N) is 3. The molecule has 142 valence electrons. The second-order valence-corrected chi connectivity index (χ2v) is 8.24. The van der Waals surface area contributed by atoms with Crippen LogP contribution in [0.5, 0.6) is 0 Å². The third-order valence-corrected chi connectivity index (χ3v) is 6.26. The third-order valence-electron chi connectivity index (χ3n) is 6.26. The minimum atomic E-state index is 0.0651. The molecule has 27 heavy (non-hydrogen) atoms. The Kier molecular flexibility index (Phi) is 4.58. The van der Waals surface area contributed by atoms with Crippen molar-refractivity contribution in [3.05, 3.63) is 42.1 Å². The lowest BCUT2D eigenvalue weighted by Crippen LogP contribution is -2.64. The summed E-state index contributed by atoms with van der Waals surface area (Å²) in [5, 5.41) is 1.07. The molecule has 0 bridgehead atoms. The molecule has 2 aliphatic heterocycles. The van der Waals surface area contributed by atoms with E-state index in [0.29, 0.717) is 17.8 Å². The Bertz CT molecular complexity index is 823. The van der Waals surface area contributed by atoms with Crippen LogP contribution in [0.2, 0.25) is 0 Å². The Morgan fingerprint density at radius 3 is 2.59 bits per heavy atom. The van der Waals surface area contributed by atoms with Crippen molar-refractivity contribution < 1.29 is 9.53 Å². The van der Waals surface area contributed by atoms with Crippen molar-refractivity contribution in [1.82, 2.24) is 14.8 Å². The number of aromatic nitrogens is 1. The van der Waals surface area contributed by atoms with Gasteiger partial charge in [0.1, 0.15) is 5.69 Å². The van der Waals surface area contributed by atoms with Crippen LogP contribution in [0.1, 0.15) is 36.2 Å². The molecule has 5 rings (SSSR count). The maximum absolute atomic E-state index is 12.9. The van der Waals surface area contributed by atoms with Gasteiger partial charge in [-0.1, -0.05) is 24.3 Å². The summed E-state index contributed by atoms with van der Waals surface area (Å²) in [4.78, 5) is 22.1. The van der Waals surface area contributed by atoms with Gasteiger partial charge in [-0.05, 0) is 43.7 Å². The average Bonchev–Trinajstić information content (AvgIpc) is 3.50. The summed E-state index contributed by atoms with van der Waals surface area (Å²) >= 11 is 0. The van der Waals surface area contributed by atoms with E-state index in [0.717, 1.165) is 56.0 Å². The Hall–Kier alpha value is -1.98. The summed E-state index contributed by atoms with van der Waals surface area (Å²) in [6.07, 6.45) is 5.00. The van der Waals surface area contributed by atoms with Gasteiger partial charge in [0.2, 0.25) is 0 Å². The fourth-order valence-electron chi connectivity index (χ4n) is 4.39. The van der Waals surface area contributed by atoms with Crippen molar-refractivity contribution in [1.29, 1.82) is 0 Å². The van der Waals surface area contributed by atoms with E-state index < -0.39 is 0 Å². The molecule has 3 fully saturated rings. The molecule has 5 nitrogen and oxygen atoms in total. The molecule has 1 aliphatic carbocycles. The van der Waals surface area contributed by atoms with Crippen LogP contribution in [-0.4, -0.2) is 65.6 Å². The summed E-state index contributed by atoms with van der Waals surface area (Å²) in [5.41, 5.74) is 1.45. The molecule has 3 heterocycles. The lowest BCUT2D eigenvalue weighted by Gasteiger charge is -2.49. The van der Waals surface area contributed by atoms with Crippen LogP contribution in [0.25, 0.3) is 10.9 Å². The number of pyridine rings is 1. The Labute approximate surface area is 160 Å². The van der Waals surface area contributed by atoms with Crippen molar-refractivity contribution in [2.75, 3.05) is 32.8 Å². The van der Waals surface area contributed by atoms with E-state index in [2.05, 4.69) is 9.88 Å². The quantitative estimate of drug-likeness (QED) is 0.817. The number of rotatable bonds is 5. The second kappa shape index (κ2) is 7.21. The largest absolute Gasteiger partial charge is 0.381 e. The number of ether oxygens (including phenoxy) is 1. The molecule has 0 spiro atoms. The van der Waals surface area contributed by atoms with Crippen LogP contribution in [0, 0.1) is 5.92 Å². The van der Waals surface area contributed by atoms with Gasteiger partial charge < -0.3 is 9.64 Å². The predicted molar refractivity (Wildman–Crippen MR) is 105 cm³/mol. The number of para-hydroxylation sites is 1. The van der Waals surface area contributed by atoms with Crippen LogP contribution in [0.3, 0.4) is 0 Å². The topological polar surface area (TPSA) is 45.7 Å². The molecule has 1 amide bonds. The first-order chi connectivity index (χ1) is 13.3. The highest BCUT2D eigenvalue weighted by Crippen LogP contribution is 2.34. The van der Waals surface area contributed by atoms with E-state index in [4.69, 9.17) is 4.74 Å². The van der Waals surface area contributed by atoms with E-state index in [9.17, 15) is 4.79 Å². The summed E-state index contributed by atoms with van der Waals surface area (Å²) < 4.78 is 5.55. The molecule has 3 aliphatic rings. The summed E-state index contributed by atoms with van der Waals surface area (Å²) in [6.45, 7) is 4.62. The number of likely N-dealkylation sites (tertiary alicyclic amines) is 1.